The quantitative estimate of drug-likeness (QED) is 0.798. The third-order valence-electron chi connectivity index (χ3n) is 3.37. The molecule has 0 saturated heterocycles. The number of aryl methyl sites for hydroxylation is 2. The fourth-order valence-electron chi connectivity index (χ4n) is 2.40. The summed E-state index contributed by atoms with van der Waals surface area (Å²) in [6.07, 6.45) is 8.65. The van der Waals surface area contributed by atoms with Gasteiger partial charge in [-0.1, -0.05) is 13.0 Å². The average Bonchev–Trinajstić information content (AvgIpc) is 3.07. The summed E-state index contributed by atoms with van der Waals surface area (Å²) in [5, 5.41) is 5.56. The highest BCUT2D eigenvalue weighted by Gasteiger charge is 2.14. The second kappa shape index (κ2) is 7.46. The molecule has 0 aliphatic heterocycles. The van der Waals surface area contributed by atoms with E-state index >= 15 is 0 Å². The first-order valence-electron chi connectivity index (χ1n) is 7.05. The third-order valence-corrected chi connectivity index (χ3v) is 4.30. The third kappa shape index (κ3) is 3.91. The number of hydrogen-bond donors (Lipinski definition) is 1. The lowest BCUT2D eigenvalue weighted by molar-refractivity contribution is 0.473. The largest absolute Gasteiger partial charge is 0.334 e. The zero-order chi connectivity index (χ0) is 13.5. The number of thiophene rings is 1. The van der Waals surface area contributed by atoms with Gasteiger partial charge in [0.05, 0.1) is 6.04 Å². The second-order valence-corrected chi connectivity index (χ2v) is 5.82. The summed E-state index contributed by atoms with van der Waals surface area (Å²) in [7, 11) is 2.03. The van der Waals surface area contributed by atoms with E-state index in [0.29, 0.717) is 6.04 Å². The molecular formula is C15H23N3S. The van der Waals surface area contributed by atoms with Crippen molar-refractivity contribution in [3.63, 3.8) is 0 Å². The normalized spacial score (nSPS) is 12.7. The standard InChI is InChI=1S/C15H23N3S/c1-3-10-18-11-9-17-15(18)14(16-2)8-4-6-13-7-5-12-19-13/h5,7,9,11-12,14,16H,3-4,6,8,10H2,1-2H3. The highest BCUT2D eigenvalue weighted by atomic mass is 32.1. The van der Waals surface area contributed by atoms with E-state index in [2.05, 4.69) is 45.5 Å². The number of nitrogens with one attached hydrogen (secondary N) is 1. The lowest BCUT2D eigenvalue weighted by atomic mass is 10.1. The van der Waals surface area contributed by atoms with Crippen molar-refractivity contribution in [1.82, 2.24) is 14.9 Å². The van der Waals surface area contributed by atoms with E-state index < -0.39 is 0 Å². The van der Waals surface area contributed by atoms with Crippen LogP contribution < -0.4 is 5.32 Å². The predicted octanol–water partition coefficient (Wildman–Crippen LogP) is 3.64. The number of aromatic nitrogens is 2. The first-order valence-corrected chi connectivity index (χ1v) is 7.93. The molecule has 2 heterocycles. The maximum Gasteiger partial charge on any atom is 0.125 e. The van der Waals surface area contributed by atoms with Crippen molar-refractivity contribution >= 4 is 11.3 Å². The lowest BCUT2D eigenvalue weighted by Gasteiger charge is -2.17. The molecule has 2 aromatic heterocycles. The molecule has 1 N–H and O–H groups in total. The molecule has 0 aliphatic rings. The SMILES string of the molecule is CCCn1ccnc1C(CCCc1cccs1)NC. The molecule has 0 spiro atoms. The average molecular weight is 277 g/mol. The van der Waals surface area contributed by atoms with Crippen molar-refractivity contribution in [3.05, 3.63) is 40.6 Å². The van der Waals surface area contributed by atoms with Crippen LogP contribution >= 0.6 is 11.3 Å². The van der Waals surface area contributed by atoms with Crippen LogP contribution in [0.2, 0.25) is 0 Å². The number of rotatable bonds is 8. The van der Waals surface area contributed by atoms with Crippen LogP contribution in [0.1, 0.15) is 42.9 Å². The Morgan fingerprint density at radius 2 is 2.37 bits per heavy atom. The van der Waals surface area contributed by atoms with Gasteiger partial charge in [0.25, 0.3) is 0 Å². The molecule has 1 atom stereocenters. The minimum Gasteiger partial charge on any atom is -0.334 e. The minimum atomic E-state index is 0.363. The van der Waals surface area contributed by atoms with Crippen LogP contribution in [0, 0.1) is 0 Å². The van der Waals surface area contributed by atoms with Crippen LogP contribution in [0.15, 0.2) is 29.9 Å². The maximum atomic E-state index is 4.52. The van der Waals surface area contributed by atoms with Gasteiger partial charge in [-0.15, -0.1) is 11.3 Å². The van der Waals surface area contributed by atoms with Crippen molar-refractivity contribution in [3.8, 4) is 0 Å². The summed E-state index contributed by atoms with van der Waals surface area (Å²) < 4.78 is 2.27. The van der Waals surface area contributed by atoms with Crippen LogP contribution in [-0.2, 0) is 13.0 Å². The number of imidazole rings is 1. The molecule has 19 heavy (non-hydrogen) atoms. The monoisotopic (exact) mass is 277 g/mol. The molecule has 0 fully saturated rings. The van der Waals surface area contributed by atoms with E-state index in [-0.39, 0.29) is 0 Å². The first-order chi connectivity index (χ1) is 9.35. The van der Waals surface area contributed by atoms with Crippen molar-refractivity contribution in [2.45, 2.75) is 45.2 Å². The van der Waals surface area contributed by atoms with Gasteiger partial charge in [0.2, 0.25) is 0 Å². The smallest absolute Gasteiger partial charge is 0.125 e. The fraction of sp³-hybridized carbons (Fsp3) is 0.533. The number of nitrogens with zero attached hydrogens (tertiary/aromatic N) is 2. The highest BCUT2D eigenvalue weighted by Crippen LogP contribution is 2.20. The summed E-state index contributed by atoms with van der Waals surface area (Å²) in [5.74, 6) is 1.18. The van der Waals surface area contributed by atoms with Crippen LogP contribution in [0.4, 0.5) is 0 Å². The van der Waals surface area contributed by atoms with E-state index in [0.717, 1.165) is 19.4 Å². The van der Waals surface area contributed by atoms with Crippen molar-refractivity contribution < 1.29 is 0 Å². The minimum absolute atomic E-state index is 0.363. The summed E-state index contributed by atoms with van der Waals surface area (Å²) in [6, 6.07) is 4.71. The Morgan fingerprint density at radius 1 is 1.47 bits per heavy atom. The van der Waals surface area contributed by atoms with Crippen molar-refractivity contribution in [1.29, 1.82) is 0 Å². The van der Waals surface area contributed by atoms with Gasteiger partial charge < -0.3 is 9.88 Å². The van der Waals surface area contributed by atoms with Gasteiger partial charge in [-0.25, -0.2) is 4.98 Å². The number of hydrogen-bond acceptors (Lipinski definition) is 3. The van der Waals surface area contributed by atoms with Crippen molar-refractivity contribution in [2.75, 3.05) is 7.05 Å². The van der Waals surface area contributed by atoms with Gasteiger partial charge in [0.15, 0.2) is 0 Å². The van der Waals surface area contributed by atoms with Gasteiger partial charge in [-0.05, 0) is 44.2 Å². The summed E-state index contributed by atoms with van der Waals surface area (Å²) >= 11 is 1.85. The zero-order valence-corrected chi connectivity index (χ0v) is 12.6. The van der Waals surface area contributed by atoms with Crippen molar-refractivity contribution in [2.24, 2.45) is 0 Å². The highest BCUT2D eigenvalue weighted by molar-refractivity contribution is 7.09. The molecule has 2 aromatic rings. The first kappa shape index (κ1) is 14.3. The van der Waals surface area contributed by atoms with Gasteiger partial charge in [-0.3, -0.25) is 0 Å². The summed E-state index contributed by atoms with van der Waals surface area (Å²) in [6.45, 7) is 3.26. The Balaban J connectivity index is 1.90. The molecule has 0 aromatic carbocycles. The Morgan fingerprint density at radius 3 is 3.05 bits per heavy atom. The Bertz CT molecular complexity index is 461. The van der Waals surface area contributed by atoms with E-state index in [4.69, 9.17) is 0 Å². The summed E-state index contributed by atoms with van der Waals surface area (Å²) in [4.78, 5) is 6.00. The molecule has 0 saturated carbocycles. The predicted molar refractivity (Wildman–Crippen MR) is 81.6 cm³/mol. The summed E-state index contributed by atoms with van der Waals surface area (Å²) in [5.41, 5.74) is 0. The van der Waals surface area contributed by atoms with Gasteiger partial charge in [0.1, 0.15) is 5.82 Å². The Hall–Kier alpha value is -1.13. The van der Waals surface area contributed by atoms with Crippen LogP contribution in [0.3, 0.4) is 0 Å². The molecule has 0 radical (unpaired) electrons. The molecule has 104 valence electrons. The molecular weight excluding hydrogens is 254 g/mol. The Kier molecular flexibility index (Phi) is 5.61. The van der Waals surface area contributed by atoms with Crippen LogP contribution in [0.5, 0.6) is 0 Å². The van der Waals surface area contributed by atoms with E-state index in [1.54, 1.807) is 0 Å². The fourth-order valence-corrected chi connectivity index (χ4v) is 3.15. The van der Waals surface area contributed by atoms with Gasteiger partial charge >= 0.3 is 0 Å². The van der Waals surface area contributed by atoms with E-state index in [1.807, 2.05) is 24.6 Å². The molecule has 4 heteroatoms. The molecule has 0 aliphatic carbocycles. The van der Waals surface area contributed by atoms with E-state index in [9.17, 15) is 0 Å². The van der Waals surface area contributed by atoms with Crippen LogP contribution in [0.25, 0.3) is 0 Å². The lowest BCUT2D eigenvalue weighted by Crippen LogP contribution is -2.21. The molecule has 2 rings (SSSR count). The Labute approximate surface area is 119 Å². The van der Waals surface area contributed by atoms with Crippen LogP contribution in [-0.4, -0.2) is 16.6 Å². The molecule has 3 nitrogen and oxygen atoms in total. The van der Waals surface area contributed by atoms with Gasteiger partial charge in [0, 0.05) is 23.8 Å². The van der Waals surface area contributed by atoms with Gasteiger partial charge in [-0.2, -0.15) is 0 Å². The molecule has 0 bridgehead atoms. The topological polar surface area (TPSA) is 29.9 Å². The molecule has 0 amide bonds. The van der Waals surface area contributed by atoms with E-state index in [1.165, 1.54) is 23.5 Å². The molecule has 1 unspecified atom stereocenters. The maximum absolute atomic E-state index is 4.52. The second-order valence-electron chi connectivity index (χ2n) is 4.79. The zero-order valence-electron chi connectivity index (χ0n) is 11.8.